The Morgan fingerprint density at radius 3 is 2.33 bits per heavy atom. The van der Waals surface area contributed by atoms with Crippen molar-refractivity contribution in [2.75, 3.05) is 0 Å². The van der Waals surface area contributed by atoms with Gasteiger partial charge in [0.2, 0.25) is 0 Å². The van der Waals surface area contributed by atoms with Crippen molar-refractivity contribution in [2.24, 2.45) is 0 Å². The number of rotatable bonds is 7. The molecule has 0 fully saturated rings. The molecule has 18 heavy (non-hydrogen) atoms. The Labute approximate surface area is 106 Å². The van der Waals surface area contributed by atoms with Gasteiger partial charge >= 0.3 is 11.9 Å². The Balaban J connectivity index is 2.83. The lowest BCUT2D eigenvalue weighted by Gasteiger charge is -2.07. The molecule has 0 aliphatic rings. The van der Waals surface area contributed by atoms with Crippen molar-refractivity contribution >= 4 is 11.9 Å². The van der Waals surface area contributed by atoms with Gasteiger partial charge in [0.25, 0.3) is 0 Å². The van der Waals surface area contributed by atoms with Crippen molar-refractivity contribution in [1.29, 1.82) is 0 Å². The summed E-state index contributed by atoms with van der Waals surface area (Å²) >= 11 is 0. The van der Waals surface area contributed by atoms with Crippen LogP contribution in [0.2, 0.25) is 0 Å². The molecule has 2 N–H and O–H groups in total. The van der Waals surface area contributed by atoms with Crippen molar-refractivity contribution in [3.63, 3.8) is 0 Å². The summed E-state index contributed by atoms with van der Waals surface area (Å²) in [5.74, 6) is -2.17. The fraction of sp³-hybridized carbons (Fsp3) is 0.429. The molecule has 0 aromatic heterocycles. The monoisotopic (exact) mass is 250 g/mol. The highest BCUT2D eigenvalue weighted by Gasteiger charge is 2.13. The summed E-state index contributed by atoms with van der Waals surface area (Å²) in [6, 6.07) is 4.31. The van der Waals surface area contributed by atoms with Crippen molar-refractivity contribution in [3.05, 3.63) is 34.9 Å². The molecule has 0 aliphatic heterocycles. The zero-order chi connectivity index (χ0) is 13.5. The Bertz CT molecular complexity index is 437. The Morgan fingerprint density at radius 2 is 1.78 bits per heavy atom. The molecule has 1 aromatic rings. The predicted octanol–water partition coefficient (Wildman–Crippen LogP) is 3.21. The Hall–Kier alpha value is -1.84. The van der Waals surface area contributed by atoms with Gasteiger partial charge in [-0.3, -0.25) is 0 Å². The number of carboxylic acid groups (broad SMARTS) is 2. The summed E-state index contributed by atoms with van der Waals surface area (Å²) in [4.78, 5) is 21.9. The molecule has 0 saturated carbocycles. The van der Waals surface area contributed by atoms with E-state index in [0.717, 1.165) is 25.7 Å². The minimum Gasteiger partial charge on any atom is -0.478 e. The van der Waals surface area contributed by atoms with Crippen LogP contribution in [0.4, 0.5) is 0 Å². The highest BCUT2D eigenvalue weighted by Crippen LogP contribution is 2.16. The normalized spacial score (nSPS) is 10.3. The number of carboxylic acids is 2. The first-order valence-corrected chi connectivity index (χ1v) is 6.15. The molecule has 0 unspecified atom stereocenters. The van der Waals surface area contributed by atoms with E-state index in [4.69, 9.17) is 10.2 Å². The second kappa shape index (κ2) is 6.79. The molecule has 4 heteroatoms. The fourth-order valence-corrected chi connectivity index (χ4v) is 1.87. The van der Waals surface area contributed by atoms with Gasteiger partial charge in [0.1, 0.15) is 0 Å². The maximum Gasteiger partial charge on any atom is 0.335 e. The summed E-state index contributed by atoms with van der Waals surface area (Å²) in [5.41, 5.74) is 0.833. The van der Waals surface area contributed by atoms with Crippen LogP contribution in [-0.2, 0) is 6.42 Å². The summed E-state index contributed by atoms with van der Waals surface area (Å²) in [6.45, 7) is 2.12. The van der Waals surface area contributed by atoms with Gasteiger partial charge in [-0.2, -0.15) is 0 Å². The van der Waals surface area contributed by atoms with Gasteiger partial charge < -0.3 is 10.2 Å². The predicted molar refractivity (Wildman–Crippen MR) is 68.2 cm³/mol. The molecule has 0 spiro atoms. The fourth-order valence-electron chi connectivity index (χ4n) is 1.87. The number of aryl methyl sites for hydroxylation is 1. The van der Waals surface area contributed by atoms with E-state index in [0.29, 0.717) is 12.0 Å². The molecule has 0 bridgehead atoms. The van der Waals surface area contributed by atoms with E-state index in [9.17, 15) is 9.59 Å². The van der Waals surface area contributed by atoms with Crippen molar-refractivity contribution in [2.45, 2.75) is 39.0 Å². The molecule has 0 amide bonds. The van der Waals surface area contributed by atoms with E-state index >= 15 is 0 Å². The molecule has 0 atom stereocenters. The van der Waals surface area contributed by atoms with Gasteiger partial charge in [-0.1, -0.05) is 32.3 Å². The number of hydrogen-bond donors (Lipinski definition) is 2. The molecule has 1 aromatic carbocycles. The minimum absolute atomic E-state index is 0.0182. The van der Waals surface area contributed by atoms with E-state index < -0.39 is 11.9 Å². The quantitative estimate of drug-likeness (QED) is 0.729. The SMILES string of the molecule is CCCCCCc1ccc(C(=O)O)cc1C(=O)O. The summed E-state index contributed by atoms with van der Waals surface area (Å²) < 4.78 is 0. The third-order valence-corrected chi connectivity index (χ3v) is 2.89. The van der Waals surface area contributed by atoms with Crippen LogP contribution in [0.15, 0.2) is 18.2 Å². The third kappa shape index (κ3) is 3.87. The van der Waals surface area contributed by atoms with Crippen LogP contribution >= 0.6 is 0 Å². The zero-order valence-corrected chi connectivity index (χ0v) is 10.5. The number of benzene rings is 1. The highest BCUT2D eigenvalue weighted by atomic mass is 16.4. The summed E-state index contributed by atoms with van der Waals surface area (Å²) in [6.07, 6.45) is 4.94. The standard InChI is InChI=1S/C14H18O4/c1-2-3-4-5-6-10-7-8-11(13(15)16)9-12(10)14(17)18/h7-9H,2-6H2,1H3,(H,15,16)(H,17,18). The topological polar surface area (TPSA) is 74.6 Å². The maximum atomic E-state index is 11.1. The molecule has 98 valence electrons. The largest absolute Gasteiger partial charge is 0.478 e. The van der Waals surface area contributed by atoms with Crippen molar-refractivity contribution in [1.82, 2.24) is 0 Å². The summed E-state index contributed by atoms with van der Waals surface area (Å²) in [7, 11) is 0. The molecular formula is C14H18O4. The molecule has 0 radical (unpaired) electrons. The number of aromatic carboxylic acids is 2. The van der Waals surface area contributed by atoms with Gasteiger partial charge in [0.15, 0.2) is 0 Å². The molecular weight excluding hydrogens is 232 g/mol. The van der Waals surface area contributed by atoms with Crippen LogP contribution in [0, 0.1) is 0 Å². The number of hydrogen-bond acceptors (Lipinski definition) is 2. The summed E-state index contributed by atoms with van der Waals surface area (Å²) in [5, 5.41) is 17.9. The van der Waals surface area contributed by atoms with Gasteiger partial charge in [-0.05, 0) is 30.5 Å². The molecule has 0 heterocycles. The van der Waals surface area contributed by atoms with Crippen LogP contribution in [-0.4, -0.2) is 22.2 Å². The molecule has 1 rings (SSSR count). The highest BCUT2D eigenvalue weighted by molar-refractivity contribution is 5.94. The maximum absolute atomic E-state index is 11.1. The van der Waals surface area contributed by atoms with Gasteiger partial charge in [-0.25, -0.2) is 9.59 Å². The van der Waals surface area contributed by atoms with E-state index in [-0.39, 0.29) is 11.1 Å². The second-order valence-corrected chi connectivity index (χ2v) is 4.29. The first kappa shape index (κ1) is 14.2. The van der Waals surface area contributed by atoms with E-state index in [1.54, 1.807) is 6.07 Å². The van der Waals surface area contributed by atoms with Crippen LogP contribution in [0.25, 0.3) is 0 Å². The molecule has 4 nitrogen and oxygen atoms in total. The molecule has 0 saturated heterocycles. The Morgan fingerprint density at radius 1 is 1.06 bits per heavy atom. The van der Waals surface area contributed by atoms with E-state index in [2.05, 4.69) is 6.92 Å². The zero-order valence-electron chi connectivity index (χ0n) is 10.5. The smallest absolute Gasteiger partial charge is 0.335 e. The van der Waals surface area contributed by atoms with E-state index in [1.807, 2.05) is 0 Å². The van der Waals surface area contributed by atoms with Gasteiger partial charge in [0.05, 0.1) is 11.1 Å². The van der Waals surface area contributed by atoms with Crippen molar-refractivity contribution in [3.8, 4) is 0 Å². The second-order valence-electron chi connectivity index (χ2n) is 4.29. The van der Waals surface area contributed by atoms with Gasteiger partial charge in [-0.15, -0.1) is 0 Å². The first-order chi connectivity index (χ1) is 8.56. The lowest BCUT2D eigenvalue weighted by molar-refractivity contribution is 0.0695. The average molecular weight is 250 g/mol. The average Bonchev–Trinajstić information content (AvgIpc) is 2.34. The molecule has 0 aliphatic carbocycles. The van der Waals surface area contributed by atoms with Crippen LogP contribution in [0.1, 0.15) is 58.9 Å². The van der Waals surface area contributed by atoms with Crippen LogP contribution in [0.5, 0.6) is 0 Å². The van der Waals surface area contributed by atoms with Gasteiger partial charge in [0, 0.05) is 0 Å². The minimum atomic E-state index is -1.10. The van der Waals surface area contributed by atoms with Crippen LogP contribution in [0.3, 0.4) is 0 Å². The lowest BCUT2D eigenvalue weighted by Crippen LogP contribution is -2.06. The third-order valence-electron chi connectivity index (χ3n) is 2.89. The van der Waals surface area contributed by atoms with Crippen LogP contribution < -0.4 is 0 Å². The van der Waals surface area contributed by atoms with Crippen molar-refractivity contribution < 1.29 is 19.8 Å². The first-order valence-electron chi connectivity index (χ1n) is 6.15. The lowest BCUT2D eigenvalue weighted by atomic mass is 9.98. The number of carbonyl (C=O) groups is 2. The number of unbranched alkanes of at least 4 members (excludes halogenated alkanes) is 3. The Kier molecular flexibility index (Phi) is 5.36. The van der Waals surface area contributed by atoms with E-state index in [1.165, 1.54) is 12.1 Å².